The fourth-order valence-corrected chi connectivity index (χ4v) is 7.24. The first-order chi connectivity index (χ1) is 20.5. The molecule has 0 fully saturated rings. The summed E-state index contributed by atoms with van der Waals surface area (Å²) in [6.07, 6.45) is 3.98. The number of fused-ring (bicyclic) bond motifs is 2. The van der Waals surface area contributed by atoms with E-state index in [1.165, 1.54) is 4.57 Å². The van der Waals surface area contributed by atoms with E-state index in [1.807, 2.05) is 32.9 Å². The molecule has 3 aromatic rings. The molecule has 2 aromatic carbocycles. The largest absolute Gasteiger partial charge is 0.487 e. The van der Waals surface area contributed by atoms with Crippen molar-refractivity contribution in [2.45, 2.75) is 89.3 Å². The van der Waals surface area contributed by atoms with Crippen molar-refractivity contribution in [3.63, 3.8) is 0 Å². The van der Waals surface area contributed by atoms with E-state index in [0.717, 1.165) is 28.7 Å². The number of carbonyl (C=O) groups excluding carboxylic acids is 2. The summed E-state index contributed by atoms with van der Waals surface area (Å²) in [7, 11) is -4.02. The highest BCUT2D eigenvalue weighted by molar-refractivity contribution is 7.90. The first-order valence-electron chi connectivity index (χ1n) is 14.6. The second kappa shape index (κ2) is 12.6. The molecule has 238 valence electrons. The molecule has 0 aliphatic carbocycles. The molecule has 2 atom stereocenters. The zero-order chi connectivity index (χ0) is 32.6. The van der Waals surface area contributed by atoms with Crippen LogP contribution in [-0.4, -0.2) is 55.0 Å². The van der Waals surface area contributed by atoms with Gasteiger partial charge in [-0.05, 0) is 101 Å². The van der Waals surface area contributed by atoms with Gasteiger partial charge in [-0.25, -0.2) is 13.1 Å². The Kier molecular flexibility index (Phi) is 9.43. The molecular weight excluding hydrogens is 582 g/mol. The molecule has 13 heteroatoms. The summed E-state index contributed by atoms with van der Waals surface area (Å²) in [4.78, 5) is 29.1. The number of primary amides is 1. The lowest BCUT2D eigenvalue weighted by Gasteiger charge is -2.35. The molecule has 0 unspecified atom stereocenters. The van der Waals surface area contributed by atoms with Crippen LogP contribution in [0.15, 0.2) is 40.4 Å². The van der Waals surface area contributed by atoms with E-state index < -0.39 is 28.0 Å². The van der Waals surface area contributed by atoms with Gasteiger partial charge in [0.1, 0.15) is 11.4 Å². The van der Waals surface area contributed by atoms with Gasteiger partial charge in [0.25, 0.3) is 10.0 Å². The lowest BCUT2D eigenvalue weighted by atomic mass is 9.88. The van der Waals surface area contributed by atoms with Crippen molar-refractivity contribution in [1.82, 2.24) is 9.29 Å². The molecule has 1 aromatic heterocycles. The molecular formula is C31H43N7O5S. The standard InChI is InChI=1S/C31H43N7O5S/c1-17-18(2)27(19(3)21-12-13-31(4,5)43-26(17)21)44(41,42)37-30(35)36-14-8-10-23(32)29(40)38-16-20(15-24(33)28(34)39)22-9-6-7-11-25(22)38/h6-7,9,11,16,23-24H,8,10,12-15,32-33H2,1-5H3,(H2,34,39)(H3,35,36,37)/t23-,24-/m0/s1. The van der Waals surface area contributed by atoms with E-state index in [2.05, 4.69) is 9.71 Å². The highest BCUT2D eigenvalue weighted by Crippen LogP contribution is 2.42. The minimum atomic E-state index is -4.02. The average Bonchev–Trinajstić information content (AvgIpc) is 3.30. The van der Waals surface area contributed by atoms with E-state index >= 15 is 0 Å². The number of rotatable bonds is 10. The summed E-state index contributed by atoms with van der Waals surface area (Å²) < 4.78 is 37.0. The van der Waals surface area contributed by atoms with Crippen LogP contribution in [0.4, 0.5) is 0 Å². The Morgan fingerprint density at radius 3 is 2.43 bits per heavy atom. The Hall–Kier alpha value is -3.94. The SMILES string of the molecule is Cc1c(C)c(S(=O)(=O)NC(N)=NCCC[C@H](N)C(=O)n2cc(C[C@H](N)C(N)=O)c3ccccc32)c(C)c2c1OC(C)(C)CC2. The Morgan fingerprint density at radius 1 is 1.07 bits per heavy atom. The molecule has 1 aliphatic heterocycles. The number of hydrogen-bond acceptors (Lipinski definition) is 8. The average molecular weight is 626 g/mol. The van der Waals surface area contributed by atoms with Gasteiger partial charge in [-0.2, -0.15) is 0 Å². The van der Waals surface area contributed by atoms with E-state index in [-0.39, 0.29) is 41.7 Å². The van der Waals surface area contributed by atoms with Crippen LogP contribution in [0.25, 0.3) is 10.9 Å². The third-order valence-electron chi connectivity index (χ3n) is 8.28. The Balaban J connectivity index is 1.41. The molecule has 12 nitrogen and oxygen atoms in total. The summed E-state index contributed by atoms with van der Waals surface area (Å²) in [6, 6.07) is 5.53. The van der Waals surface area contributed by atoms with Gasteiger partial charge in [0.15, 0.2) is 0 Å². The number of nitrogens with two attached hydrogens (primary N) is 4. The van der Waals surface area contributed by atoms with Gasteiger partial charge in [-0.15, -0.1) is 0 Å². The highest BCUT2D eigenvalue weighted by atomic mass is 32.2. The van der Waals surface area contributed by atoms with Crippen LogP contribution in [0.5, 0.6) is 5.75 Å². The molecule has 1 amide bonds. The fourth-order valence-electron chi connectivity index (χ4n) is 5.72. The summed E-state index contributed by atoms with van der Waals surface area (Å²) in [6.45, 7) is 9.62. The zero-order valence-electron chi connectivity index (χ0n) is 25.9. The Bertz CT molecular complexity index is 1740. The Morgan fingerprint density at radius 2 is 1.75 bits per heavy atom. The van der Waals surface area contributed by atoms with Crippen LogP contribution in [0.3, 0.4) is 0 Å². The van der Waals surface area contributed by atoms with Crippen molar-refractivity contribution >= 4 is 38.7 Å². The number of para-hydroxylation sites is 1. The number of ether oxygens (including phenoxy) is 1. The number of nitrogens with one attached hydrogen (secondary N) is 1. The van der Waals surface area contributed by atoms with Gasteiger partial charge in [-0.1, -0.05) is 18.2 Å². The number of benzene rings is 2. The molecule has 9 N–H and O–H groups in total. The topological polar surface area (TPSA) is 211 Å². The molecule has 2 heterocycles. The monoisotopic (exact) mass is 625 g/mol. The number of hydrogen-bond donors (Lipinski definition) is 5. The minimum Gasteiger partial charge on any atom is -0.487 e. The maximum atomic E-state index is 13.4. The lowest BCUT2D eigenvalue weighted by Crippen LogP contribution is -2.38. The molecule has 0 spiro atoms. The molecule has 0 radical (unpaired) electrons. The van der Waals surface area contributed by atoms with E-state index in [4.69, 9.17) is 27.7 Å². The van der Waals surface area contributed by atoms with Gasteiger partial charge in [0, 0.05) is 18.1 Å². The fraction of sp³-hybridized carbons (Fsp3) is 0.452. The number of aromatic nitrogens is 1. The molecule has 4 rings (SSSR count). The van der Waals surface area contributed by atoms with Crippen LogP contribution in [-0.2, 0) is 27.7 Å². The van der Waals surface area contributed by atoms with Crippen LogP contribution < -0.4 is 32.4 Å². The van der Waals surface area contributed by atoms with Crippen molar-refractivity contribution in [3.05, 3.63) is 58.3 Å². The predicted molar refractivity (Wildman–Crippen MR) is 171 cm³/mol. The summed E-state index contributed by atoms with van der Waals surface area (Å²) >= 11 is 0. The maximum absolute atomic E-state index is 13.4. The van der Waals surface area contributed by atoms with Gasteiger partial charge >= 0.3 is 0 Å². The number of sulfonamides is 1. The second-order valence-corrected chi connectivity index (χ2v) is 13.7. The maximum Gasteiger partial charge on any atom is 0.264 e. The number of nitrogens with zero attached hydrogens (tertiary/aromatic N) is 2. The summed E-state index contributed by atoms with van der Waals surface area (Å²) in [5.41, 5.74) is 27.4. The minimum absolute atomic E-state index is 0.157. The van der Waals surface area contributed by atoms with Crippen LogP contribution in [0.1, 0.15) is 65.7 Å². The van der Waals surface area contributed by atoms with E-state index in [0.29, 0.717) is 35.0 Å². The van der Waals surface area contributed by atoms with Crippen molar-refractivity contribution in [2.75, 3.05) is 6.54 Å². The molecule has 0 bridgehead atoms. The Labute approximate surface area is 258 Å². The number of carbonyl (C=O) groups is 2. The van der Waals surface area contributed by atoms with Crippen LogP contribution in [0, 0.1) is 20.8 Å². The molecule has 0 saturated heterocycles. The number of guanidine groups is 1. The molecule has 44 heavy (non-hydrogen) atoms. The second-order valence-electron chi connectivity index (χ2n) is 12.1. The van der Waals surface area contributed by atoms with Gasteiger partial charge < -0.3 is 27.7 Å². The first kappa shape index (κ1) is 33.0. The zero-order valence-corrected chi connectivity index (χ0v) is 26.8. The molecule has 0 saturated carbocycles. The number of aliphatic imine (C=N–C) groups is 1. The van der Waals surface area contributed by atoms with Gasteiger partial charge in [0.2, 0.25) is 17.8 Å². The van der Waals surface area contributed by atoms with Crippen molar-refractivity contribution in [3.8, 4) is 5.75 Å². The quantitative estimate of drug-likeness (QED) is 0.128. The van der Waals surface area contributed by atoms with E-state index in [9.17, 15) is 18.0 Å². The van der Waals surface area contributed by atoms with Crippen molar-refractivity contribution < 1.29 is 22.7 Å². The van der Waals surface area contributed by atoms with Crippen molar-refractivity contribution in [1.29, 1.82) is 0 Å². The first-order valence-corrected chi connectivity index (χ1v) is 16.1. The third-order valence-corrected chi connectivity index (χ3v) is 9.91. The third kappa shape index (κ3) is 6.74. The van der Waals surface area contributed by atoms with Gasteiger partial charge in [0.05, 0.1) is 22.5 Å². The summed E-state index contributed by atoms with van der Waals surface area (Å²) in [5.74, 6) is -0.461. The smallest absolute Gasteiger partial charge is 0.264 e. The van der Waals surface area contributed by atoms with Gasteiger partial charge in [-0.3, -0.25) is 19.1 Å². The van der Waals surface area contributed by atoms with E-state index in [1.54, 1.807) is 32.2 Å². The lowest BCUT2D eigenvalue weighted by molar-refractivity contribution is -0.119. The predicted octanol–water partition coefficient (Wildman–Crippen LogP) is 2.07. The summed E-state index contributed by atoms with van der Waals surface area (Å²) in [5, 5.41) is 0.783. The normalized spacial score (nSPS) is 16.2. The van der Waals surface area contributed by atoms with Crippen molar-refractivity contribution in [2.24, 2.45) is 27.9 Å². The van der Waals surface area contributed by atoms with Crippen LogP contribution in [0.2, 0.25) is 0 Å². The highest BCUT2D eigenvalue weighted by Gasteiger charge is 2.33. The number of amides is 1. The van der Waals surface area contributed by atoms with Crippen LogP contribution >= 0.6 is 0 Å². The molecule has 1 aliphatic rings.